The van der Waals surface area contributed by atoms with E-state index in [1.54, 1.807) is 18.2 Å². The van der Waals surface area contributed by atoms with Crippen molar-refractivity contribution in [1.29, 1.82) is 0 Å². The van der Waals surface area contributed by atoms with Crippen LogP contribution in [0.15, 0.2) is 18.2 Å². The Morgan fingerprint density at radius 2 is 0.862 bits per heavy atom. The fourth-order valence-corrected chi connectivity index (χ4v) is 6.05. The molecule has 22 nitrogen and oxygen atoms in total. The smallest absolute Gasteiger partial charge is 0.548 e. The summed E-state index contributed by atoms with van der Waals surface area (Å²) in [6.07, 6.45) is -5.63. The standard InChI is InChI=1S/C35H57N7O15.Gd/c43-19-24(46)14-36-30(49)7-4-27(33(52)53)40-10-12-41(28(34(54)55)5-8-31(50)37-15-25(47)20-44)17-22-2-1-3-23(39-22)18-42(13-11-40)29(35(56)57)6-9-32(51)38-16-26(48)21-45;/h1-3,24-29,43-48H,4-21H2,(H,36,49)(H,37,50)(H,38,51)(H,52,53)(H,54,55)(H,56,57);/q;+3/p-3. The van der Waals surface area contributed by atoms with Crippen LogP contribution in [-0.4, -0.2) is 188 Å². The van der Waals surface area contributed by atoms with Gasteiger partial charge in [0.25, 0.3) is 0 Å². The van der Waals surface area contributed by atoms with Crippen LogP contribution in [0.1, 0.15) is 49.9 Å². The minimum absolute atomic E-state index is 0. The Morgan fingerprint density at radius 3 is 1.16 bits per heavy atom. The van der Waals surface area contributed by atoms with Gasteiger partial charge < -0.3 is 76.3 Å². The summed E-state index contributed by atoms with van der Waals surface area (Å²) in [5.74, 6) is -6.59. The number of carbonyl (C=O) groups excluding carboxylic acids is 6. The largest absolute Gasteiger partial charge is 3.00 e. The summed E-state index contributed by atoms with van der Waals surface area (Å²) in [5, 5.41) is 101. The van der Waals surface area contributed by atoms with Crippen molar-refractivity contribution in [3.8, 4) is 0 Å². The Morgan fingerprint density at radius 1 is 0.569 bits per heavy atom. The molecule has 1 aliphatic rings. The molecule has 0 fully saturated rings. The van der Waals surface area contributed by atoms with Crippen molar-refractivity contribution in [2.24, 2.45) is 0 Å². The van der Waals surface area contributed by atoms with Gasteiger partial charge in [-0.2, -0.15) is 0 Å². The summed E-state index contributed by atoms with van der Waals surface area (Å²) < 4.78 is 0. The van der Waals surface area contributed by atoms with Gasteiger partial charge in [-0.3, -0.25) is 34.1 Å². The molecular weight excluding hydrogens is 916 g/mol. The van der Waals surface area contributed by atoms with Crippen molar-refractivity contribution in [2.75, 3.05) is 65.6 Å². The third-order valence-corrected chi connectivity index (χ3v) is 9.25. The predicted octanol–water partition coefficient (Wildman–Crippen LogP) is -8.89. The van der Waals surface area contributed by atoms with Crippen LogP contribution in [0.2, 0.25) is 0 Å². The van der Waals surface area contributed by atoms with Crippen LogP contribution in [-0.2, 0) is 41.9 Å². The monoisotopic (exact) mass is 970 g/mol. The Bertz CT molecular complexity index is 1390. The van der Waals surface area contributed by atoms with Crippen LogP contribution >= 0.6 is 0 Å². The molecule has 3 amide bonds. The molecule has 9 N–H and O–H groups in total. The number of hydrogen-bond acceptors (Lipinski definition) is 19. The van der Waals surface area contributed by atoms with Gasteiger partial charge in [0.2, 0.25) is 17.7 Å². The van der Waals surface area contributed by atoms with Crippen LogP contribution in [0.4, 0.5) is 0 Å². The van der Waals surface area contributed by atoms with Gasteiger partial charge in [-0.15, -0.1) is 0 Å². The van der Waals surface area contributed by atoms with Crippen LogP contribution in [0.25, 0.3) is 0 Å². The number of hydrogen-bond donors (Lipinski definition) is 9. The number of carboxylic acid groups (broad SMARTS) is 3. The summed E-state index contributed by atoms with van der Waals surface area (Å²) in [6.45, 7) is -3.72. The fraction of sp³-hybridized carbons (Fsp3) is 0.686. The van der Waals surface area contributed by atoms with Crippen molar-refractivity contribution in [3.05, 3.63) is 29.6 Å². The number of aliphatic carboxylic acids is 3. The van der Waals surface area contributed by atoms with Gasteiger partial charge >= 0.3 is 39.9 Å². The Hall–Kier alpha value is -3.07. The molecule has 0 aromatic carbocycles. The Labute approximate surface area is 367 Å². The number of aliphatic hydroxyl groups excluding tert-OH is 6. The number of fused-ring (bicyclic) bond motifs is 2. The second kappa shape index (κ2) is 28.4. The van der Waals surface area contributed by atoms with Gasteiger partial charge in [0.05, 0.1) is 79.5 Å². The van der Waals surface area contributed by atoms with Crippen molar-refractivity contribution >= 4 is 35.6 Å². The van der Waals surface area contributed by atoms with E-state index in [4.69, 9.17) is 15.3 Å². The Kier molecular flexibility index (Phi) is 25.9. The van der Waals surface area contributed by atoms with E-state index in [2.05, 4.69) is 20.9 Å². The van der Waals surface area contributed by atoms with Crippen LogP contribution < -0.4 is 31.3 Å². The first-order valence-electron chi connectivity index (χ1n) is 18.5. The van der Waals surface area contributed by atoms with E-state index in [9.17, 15) is 59.4 Å². The average Bonchev–Trinajstić information content (AvgIpc) is 3.17. The topological polar surface area (TPSA) is 352 Å². The second-order valence-electron chi connectivity index (χ2n) is 13.6. The van der Waals surface area contributed by atoms with E-state index in [1.807, 2.05) is 0 Å². The second-order valence-corrected chi connectivity index (χ2v) is 13.6. The maximum absolute atomic E-state index is 12.6. The van der Waals surface area contributed by atoms with Crippen molar-refractivity contribution < 1.29 is 115 Å². The summed E-state index contributed by atoms with van der Waals surface area (Å²) in [5.41, 5.74) is 0.651. The molecule has 1 aliphatic heterocycles. The fourth-order valence-electron chi connectivity index (χ4n) is 6.05. The first-order valence-corrected chi connectivity index (χ1v) is 18.5. The van der Waals surface area contributed by atoms with Crippen molar-refractivity contribution in [3.63, 3.8) is 0 Å². The summed E-state index contributed by atoms with van der Waals surface area (Å²) in [4.78, 5) is 84.0. The van der Waals surface area contributed by atoms with Gasteiger partial charge in [0, 0.05) is 84.2 Å². The quantitative estimate of drug-likeness (QED) is 0.0464. The van der Waals surface area contributed by atoms with Gasteiger partial charge in [-0.05, 0) is 31.4 Å². The predicted molar refractivity (Wildman–Crippen MR) is 189 cm³/mol. The maximum atomic E-state index is 12.6. The van der Waals surface area contributed by atoms with E-state index in [0.717, 1.165) is 0 Å². The third-order valence-electron chi connectivity index (χ3n) is 9.25. The molecule has 23 heteroatoms. The molecule has 2 bridgehead atoms. The van der Waals surface area contributed by atoms with E-state index in [-0.39, 0.29) is 137 Å². The van der Waals surface area contributed by atoms with Crippen molar-refractivity contribution in [2.45, 2.75) is 88.1 Å². The van der Waals surface area contributed by atoms with Gasteiger partial charge in [-0.1, -0.05) is 6.07 Å². The summed E-state index contributed by atoms with van der Waals surface area (Å²) in [7, 11) is 0. The molecule has 6 unspecified atom stereocenters. The number of rotatable bonds is 24. The number of aromatic nitrogens is 1. The minimum Gasteiger partial charge on any atom is -0.548 e. The molecule has 2 heterocycles. The zero-order valence-electron chi connectivity index (χ0n) is 31.9. The molecular formula is C35H54GdN7O15. The zero-order valence-corrected chi connectivity index (χ0v) is 34.2. The summed E-state index contributed by atoms with van der Waals surface area (Å²) >= 11 is 0. The number of amides is 3. The van der Waals surface area contributed by atoms with Gasteiger partial charge in [0.1, 0.15) is 0 Å². The van der Waals surface area contributed by atoms with Crippen molar-refractivity contribution in [1.82, 2.24) is 35.6 Å². The number of nitrogens with zero attached hydrogens (tertiary/aromatic N) is 4. The number of carbonyl (C=O) groups is 6. The molecule has 2 rings (SSSR count). The van der Waals surface area contributed by atoms with E-state index >= 15 is 0 Å². The minimum atomic E-state index is -1.60. The van der Waals surface area contributed by atoms with Crippen LogP contribution in [0.3, 0.4) is 0 Å². The summed E-state index contributed by atoms with van der Waals surface area (Å²) in [6, 6.07) is 0.459. The molecule has 0 saturated carbocycles. The van der Waals surface area contributed by atoms with E-state index < -0.39 is 91.9 Å². The van der Waals surface area contributed by atoms with Crippen LogP contribution in [0.5, 0.6) is 0 Å². The van der Waals surface area contributed by atoms with E-state index in [1.165, 1.54) is 14.7 Å². The number of pyridine rings is 1. The first kappa shape index (κ1) is 53.0. The molecule has 1 aromatic heterocycles. The van der Waals surface area contributed by atoms with Gasteiger partial charge in [0.15, 0.2) is 0 Å². The maximum Gasteiger partial charge on any atom is 3.00 e. The zero-order chi connectivity index (χ0) is 42.5. The first-order chi connectivity index (χ1) is 27.1. The molecule has 327 valence electrons. The molecule has 6 atom stereocenters. The Balaban J connectivity index is 0.0000168. The number of aliphatic hydroxyl groups is 6. The average molecular weight is 970 g/mol. The molecule has 1 radical (unpaired) electrons. The number of carboxylic acids is 3. The van der Waals surface area contributed by atoms with Gasteiger partial charge in [-0.25, -0.2) is 0 Å². The molecule has 58 heavy (non-hydrogen) atoms. The molecule has 0 saturated heterocycles. The van der Waals surface area contributed by atoms with Crippen LogP contribution in [0, 0.1) is 39.9 Å². The normalized spacial score (nSPS) is 17.4. The molecule has 0 aliphatic carbocycles. The molecule has 1 aromatic rings. The van der Waals surface area contributed by atoms with E-state index in [0.29, 0.717) is 11.4 Å². The third kappa shape index (κ3) is 19.8. The SMILES string of the molecule is O=C(CCC(C(=O)[O-])N1CCN(C(CCC(=O)NCC(O)CO)C(=O)[O-])Cc2cccc(n2)CN(C(CCC(=O)NCC(O)CO)C(=O)[O-])CC1)NCC(O)CO.[Gd+3]. The number of nitrogens with one attached hydrogen (secondary N) is 3. The molecule has 0 spiro atoms.